The van der Waals surface area contributed by atoms with E-state index >= 15 is 0 Å². The third kappa shape index (κ3) is 5.02. The Kier molecular flexibility index (Phi) is 6.98. The highest BCUT2D eigenvalue weighted by molar-refractivity contribution is 7.22. The first-order chi connectivity index (χ1) is 29.2. The molecule has 0 aliphatic heterocycles. The summed E-state index contributed by atoms with van der Waals surface area (Å²) in [6, 6.07) is 77.1. The van der Waals surface area contributed by atoms with Gasteiger partial charge in [-0.25, -0.2) is 0 Å². The molecule has 0 amide bonds. The zero-order chi connectivity index (χ0) is 38.6. The quantitative estimate of drug-likeness (QED) is 0.153. The lowest BCUT2D eigenvalue weighted by Gasteiger charge is -2.16. The van der Waals surface area contributed by atoms with Crippen LogP contribution in [0.25, 0.3) is 130 Å². The minimum Gasteiger partial charge on any atom is -0.135 e. The molecular weight excluding hydrogens is 729 g/mol. The van der Waals surface area contributed by atoms with Crippen LogP contribution >= 0.6 is 11.3 Å². The van der Waals surface area contributed by atoms with Crippen molar-refractivity contribution < 1.29 is 0 Å². The molecule has 0 bridgehead atoms. The van der Waals surface area contributed by atoms with Crippen LogP contribution in [0.2, 0.25) is 0 Å². The first-order valence-corrected chi connectivity index (χ1v) is 21.2. The van der Waals surface area contributed by atoms with E-state index in [0.29, 0.717) is 0 Å². The number of fused-ring (bicyclic) bond motifs is 1. The molecule has 13 aromatic rings. The average Bonchev–Trinajstić information content (AvgIpc) is 3.74. The molecule has 0 aliphatic rings. The smallest absolute Gasteiger partial charge is 0.0361 e. The zero-order valence-electron chi connectivity index (χ0n) is 32.0. The van der Waals surface area contributed by atoms with Crippen LogP contribution in [0, 0.1) is 0 Å². The number of rotatable bonds is 5. The van der Waals surface area contributed by atoms with Crippen molar-refractivity contribution in [2.75, 3.05) is 0 Å². The molecule has 1 heteroatoms. The molecule has 0 fully saturated rings. The number of hydrogen-bond donors (Lipinski definition) is 0. The summed E-state index contributed by atoms with van der Waals surface area (Å²) in [5, 5.41) is 17.1. The maximum atomic E-state index is 2.37. The molecular formula is C58H34S. The van der Waals surface area contributed by atoms with Gasteiger partial charge in [0.2, 0.25) is 0 Å². The van der Waals surface area contributed by atoms with Crippen molar-refractivity contribution >= 4 is 86.1 Å². The number of thiophene rings is 1. The van der Waals surface area contributed by atoms with Gasteiger partial charge in [-0.1, -0.05) is 176 Å². The summed E-state index contributed by atoms with van der Waals surface area (Å²) in [5.41, 5.74) is 11.2. The molecule has 59 heavy (non-hydrogen) atoms. The Morgan fingerprint density at radius 3 is 1.15 bits per heavy atom. The molecule has 12 aromatic carbocycles. The van der Waals surface area contributed by atoms with Gasteiger partial charge in [0.25, 0.3) is 0 Å². The fourth-order valence-electron chi connectivity index (χ4n) is 9.98. The van der Waals surface area contributed by atoms with Crippen molar-refractivity contribution in [3.8, 4) is 54.9 Å². The maximum Gasteiger partial charge on any atom is 0.0361 e. The molecule has 0 saturated carbocycles. The highest BCUT2D eigenvalue weighted by Gasteiger charge is 2.17. The normalized spacial score (nSPS) is 12.1. The van der Waals surface area contributed by atoms with Gasteiger partial charge in [-0.3, -0.25) is 0 Å². The molecule has 0 N–H and O–H groups in total. The van der Waals surface area contributed by atoms with Gasteiger partial charge in [0.15, 0.2) is 0 Å². The Morgan fingerprint density at radius 2 is 0.610 bits per heavy atom. The summed E-state index contributed by atoms with van der Waals surface area (Å²) < 4.78 is 1.33. The molecule has 1 aromatic heterocycles. The second-order valence-electron chi connectivity index (χ2n) is 16.0. The minimum atomic E-state index is 1.21. The summed E-state index contributed by atoms with van der Waals surface area (Å²) >= 11 is 1.88. The van der Waals surface area contributed by atoms with E-state index in [-0.39, 0.29) is 0 Å². The third-order valence-corrected chi connectivity index (χ3v) is 13.9. The van der Waals surface area contributed by atoms with E-state index in [0.717, 1.165) is 0 Å². The zero-order valence-corrected chi connectivity index (χ0v) is 32.9. The SMILES string of the molecule is c1cc(-c2cccc(-c3ccc4ccc5cccc6ccc3c4c56)c2)cc(-c2cccc(-c3ccc4ccc5c(-c6cc7ccccc7s6)ccc6ccc3c4c65)c2)c1. The van der Waals surface area contributed by atoms with Gasteiger partial charge in [-0.05, 0) is 150 Å². The summed E-state index contributed by atoms with van der Waals surface area (Å²) in [6.07, 6.45) is 0. The molecule has 0 unspecified atom stereocenters. The lowest BCUT2D eigenvalue weighted by Crippen LogP contribution is -1.89. The fourth-order valence-corrected chi connectivity index (χ4v) is 11.1. The predicted molar refractivity (Wildman–Crippen MR) is 256 cm³/mol. The number of hydrogen-bond acceptors (Lipinski definition) is 1. The van der Waals surface area contributed by atoms with Crippen molar-refractivity contribution in [3.05, 3.63) is 206 Å². The maximum absolute atomic E-state index is 2.37. The Balaban J connectivity index is 0.891. The first-order valence-electron chi connectivity index (χ1n) is 20.4. The van der Waals surface area contributed by atoms with E-state index < -0.39 is 0 Å². The molecule has 1 heterocycles. The lowest BCUT2D eigenvalue weighted by atomic mass is 9.87. The summed E-state index contributed by atoms with van der Waals surface area (Å²) in [5.74, 6) is 0. The van der Waals surface area contributed by atoms with E-state index in [2.05, 4.69) is 206 Å². The van der Waals surface area contributed by atoms with Gasteiger partial charge in [0, 0.05) is 9.58 Å². The van der Waals surface area contributed by atoms with E-state index in [9.17, 15) is 0 Å². The van der Waals surface area contributed by atoms with Gasteiger partial charge < -0.3 is 0 Å². The molecule has 272 valence electrons. The Morgan fingerprint density at radius 1 is 0.237 bits per heavy atom. The third-order valence-electron chi connectivity index (χ3n) is 12.8. The Bertz CT molecular complexity index is 3740. The molecule has 0 spiro atoms. The largest absolute Gasteiger partial charge is 0.135 e. The standard InChI is InChI=1S/C58H34S/c1-2-16-53-46(7-1)34-54(59-53)49-27-21-39-23-29-51-48(26-20-38-24-30-52(49)58(39)57(38)51)45-15-6-13-43(33-45)41-11-4-10-40(31-41)42-12-5-14-44(32-42)47-25-19-37-18-17-35-8-3-9-36-22-28-50(47)56(37)55(35)36/h1-34H. The van der Waals surface area contributed by atoms with Gasteiger partial charge in [0.05, 0.1) is 0 Å². The molecule has 13 rings (SSSR count). The van der Waals surface area contributed by atoms with Crippen LogP contribution in [-0.4, -0.2) is 0 Å². The molecule has 0 atom stereocenters. The van der Waals surface area contributed by atoms with Crippen LogP contribution < -0.4 is 0 Å². The van der Waals surface area contributed by atoms with E-state index in [1.54, 1.807) is 0 Å². The second-order valence-corrected chi connectivity index (χ2v) is 17.1. The van der Waals surface area contributed by atoms with E-state index in [1.807, 2.05) is 11.3 Å². The van der Waals surface area contributed by atoms with Crippen LogP contribution in [0.4, 0.5) is 0 Å². The van der Waals surface area contributed by atoms with Crippen molar-refractivity contribution in [3.63, 3.8) is 0 Å². The lowest BCUT2D eigenvalue weighted by molar-refractivity contribution is 1.58. The van der Waals surface area contributed by atoms with Crippen LogP contribution in [0.1, 0.15) is 0 Å². The molecule has 0 saturated heterocycles. The van der Waals surface area contributed by atoms with Gasteiger partial charge in [-0.2, -0.15) is 0 Å². The van der Waals surface area contributed by atoms with Crippen molar-refractivity contribution in [1.29, 1.82) is 0 Å². The molecule has 0 nitrogen and oxygen atoms in total. The monoisotopic (exact) mass is 762 g/mol. The fraction of sp³-hybridized carbons (Fsp3) is 0. The minimum absolute atomic E-state index is 1.21. The van der Waals surface area contributed by atoms with Crippen LogP contribution in [0.15, 0.2) is 206 Å². The highest BCUT2D eigenvalue weighted by Crippen LogP contribution is 2.45. The van der Waals surface area contributed by atoms with Gasteiger partial charge in [-0.15, -0.1) is 11.3 Å². The predicted octanol–water partition coefficient (Wildman–Crippen LogP) is 17.0. The Labute approximate surface area is 345 Å². The van der Waals surface area contributed by atoms with E-state index in [1.165, 1.54) is 130 Å². The van der Waals surface area contributed by atoms with Crippen molar-refractivity contribution in [2.45, 2.75) is 0 Å². The summed E-state index contributed by atoms with van der Waals surface area (Å²) in [6.45, 7) is 0. The van der Waals surface area contributed by atoms with Gasteiger partial charge in [0.1, 0.15) is 0 Å². The molecule has 0 aliphatic carbocycles. The second kappa shape index (κ2) is 12.6. The van der Waals surface area contributed by atoms with Crippen LogP contribution in [0.5, 0.6) is 0 Å². The average molecular weight is 763 g/mol. The van der Waals surface area contributed by atoms with E-state index in [4.69, 9.17) is 0 Å². The first kappa shape index (κ1) is 32.7. The van der Waals surface area contributed by atoms with Gasteiger partial charge >= 0.3 is 0 Å². The summed E-state index contributed by atoms with van der Waals surface area (Å²) in [7, 11) is 0. The van der Waals surface area contributed by atoms with Crippen LogP contribution in [0.3, 0.4) is 0 Å². The van der Waals surface area contributed by atoms with Crippen molar-refractivity contribution in [2.24, 2.45) is 0 Å². The van der Waals surface area contributed by atoms with Crippen molar-refractivity contribution in [1.82, 2.24) is 0 Å². The Hall–Kier alpha value is -7.32. The highest BCUT2D eigenvalue weighted by atomic mass is 32.1. The number of benzene rings is 12. The summed E-state index contributed by atoms with van der Waals surface area (Å²) in [4.78, 5) is 1.32. The molecule has 0 radical (unpaired) electrons. The van der Waals surface area contributed by atoms with Crippen LogP contribution in [-0.2, 0) is 0 Å². The topological polar surface area (TPSA) is 0 Å².